The van der Waals surface area contributed by atoms with Crippen LogP contribution in [0.2, 0.25) is 0 Å². The molecule has 2 fully saturated rings. The van der Waals surface area contributed by atoms with Crippen molar-refractivity contribution in [2.24, 2.45) is 35.5 Å². The largest absolute Gasteiger partial charge is 0.481 e. The molecule has 1 aromatic rings. The molecule has 2 N–H and O–H groups in total. The Balaban J connectivity index is 1.53. The molecular weight excluding hydrogens is 322 g/mol. The summed E-state index contributed by atoms with van der Waals surface area (Å²) in [4.78, 5) is 36.0. The Bertz CT molecular complexity index is 769. The number of amides is 1. The Hall–Kier alpha value is -2.63. The van der Waals surface area contributed by atoms with Crippen LogP contribution in [0, 0.1) is 35.5 Å². The Morgan fingerprint density at radius 2 is 1.64 bits per heavy atom. The maximum atomic E-state index is 12.8. The fourth-order valence-electron chi connectivity index (χ4n) is 4.60. The Kier molecular flexibility index (Phi) is 3.63. The van der Waals surface area contributed by atoms with E-state index in [2.05, 4.69) is 10.1 Å². The lowest BCUT2D eigenvalue weighted by atomic mass is 9.62. The van der Waals surface area contributed by atoms with Crippen molar-refractivity contribution >= 4 is 23.5 Å². The highest BCUT2D eigenvalue weighted by molar-refractivity contribution is 5.97. The van der Waals surface area contributed by atoms with Crippen molar-refractivity contribution in [2.75, 3.05) is 12.4 Å². The number of allylic oxidation sites excluding steroid dienone is 2. The molecule has 6 atom stereocenters. The third kappa shape index (κ3) is 2.52. The second-order valence-electron chi connectivity index (χ2n) is 7.05. The summed E-state index contributed by atoms with van der Waals surface area (Å²) in [5, 5.41) is 12.5. The van der Waals surface area contributed by atoms with Crippen LogP contribution in [0.5, 0.6) is 0 Å². The molecule has 25 heavy (non-hydrogen) atoms. The van der Waals surface area contributed by atoms with Crippen LogP contribution in [0.3, 0.4) is 0 Å². The molecule has 2 saturated carbocycles. The van der Waals surface area contributed by atoms with Crippen molar-refractivity contribution in [1.29, 1.82) is 0 Å². The van der Waals surface area contributed by atoms with Gasteiger partial charge in [-0.2, -0.15) is 0 Å². The SMILES string of the molecule is COC(=O)c1ccc(NC(=O)[C@H]2[C@@H]3C=C[C@@H]([C@@H]4C[C@H]34)[C@@H]2C(=O)O)cc1. The Morgan fingerprint density at radius 3 is 2.20 bits per heavy atom. The zero-order valence-corrected chi connectivity index (χ0v) is 13.7. The van der Waals surface area contributed by atoms with Crippen molar-refractivity contribution in [3.8, 4) is 0 Å². The summed E-state index contributed by atoms with van der Waals surface area (Å²) in [6.45, 7) is 0. The van der Waals surface area contributed by atoms with Crippen LogP contribution >= 0.6 is 0 Å². The number of fused-ring (bicyclic) bond motifs is 1. The fourth-order valence-corrected chi connectivity index (χ4v) is 4.60. The summed E-state index contributed by atoms with van der Waals surface area (Å²) < 4.78 is 4.64. The van der Waals surface area contributed by atoms with Gasteiger partial charge in [0.05, 0.1) is 24.5 Å². The van der Waals surface area contributed by atoms with Crippen LogP contribution in [0.25, 0.3) is 0 Å². The molecule has 5 rings (SSSR count). The number of benzene rings is 1. The standard InChI is InChI=1S/C19H19NO5/c1-25-19(24)9-2-4-10(5-3-9)20-17(21)15-11-6-7-12(14-8-13(11)14)16(15)18(22)23/h2-7,11-16H,8H2,1H3,(H,20,21)(H,22,23)/t11-,12+,13-,14+,15+,16+/m1/s1. The molecule has 1 amide bonds. The summed E-state index contributed by atoms with van der Waals surface area (Å²) in [5.74, 6) is -1.96. The maximum Gasteiger partial charge on any atom is 0.337 e. The first-order valence-electron chi connectivity index (χ1n) is 8.41. The molecule has 6 nitrogen and oxygen atoms in total. The van der Waals surface area contributed by atoms with E-state index >= 15 is 0 Å². The number of hydrogen-bond donors (Lipinski definition) is 2. The summed E-state index contributed by atoms with van der Waals surface area (Å²) in [6.07, 6.45) is 5.04. The molecule has 1 aromatic carbocycles. The molecule has 0 aliphatic heterocycles. The predicted octanol–water partition coefficient (Wildman–Crippen LogP) is 2.18. The molecule has 0 aromatic heterocycles. The van der Waals surface area contributed by atoms with Crippen LogP contribution in [0.1, 0.15) is 16.8 Å². The van der Waals surface area contributed by atoms with E-state index in [0.29, 0.717) is 23.1 Å². The second kappa shape index (κ2) is 5.72. The number of aliphatic carboxylic acids is 1. The van der Waals surface area contributed by atoms with Crippen molar-refractivity contribution in [3.05, 3.63) is 42.0 Å². The molecule has 0 spiro atoms. The quantitative estimate of drug-likeness (QED) is 0.647. The topological polar surface area (TPSA) is 92.7 Å². The van der Waals surface area contributed by atoms with Gasteiger partial charge >= 0.3 is 11.9 Å². The lowest BCUT2D eigenvalue weighted by molar-refractivity contribution is -0.152. The van der Waals surface area contributed by atoms with Gasteiger partial charge in [0.25, 0.3) is 0 Å². The normalized spacial score (nSPS) is 34.1. The lowest BCUT2D eigenvalue weighted by Gasteiger charge is -2.41. The highest BCUT2D eigenvalue weighted by Crippen LogP contribution is 2.63. The molecule has 2 bridgehead atoms. The van der Waals surface area contributed by atoms with Crippen molar-refractivity contribution in [3.63, 3.8) is 0 Å². The first-order chi connectivity index (χ1) is 12.0. The highest BCUT2D eigenvalue weighted by atomic mass is 16.5. The lowest BCUT2D eigenvalue weighted by Crippen LogP contribution is -2.48. The van der Waals surface area contributed by atoms with Gasteiger partial charge in [0.15, 0.2) is 0 Å². The Labute approximate surface area is 144 Å². The van der Waals surface area contributed by atoms with E-state index in [4.69, 9.17) is 0 Å². The van der Waals surface area contributed by atoms with Crippen molar-refractivity contribution in [1.82, 2.24) is 0 Å². The smallest absolute Gasteiger partial charge is 0.337 e. The molecule has 4 aliphatic rings. The van der Waals surface area contributed by atoms with Gasteiger partial charge in [-0.15, -0.1) is 0 Å². The zero-order valence-electron chi connectivity index (χ0n) is 13.7. The number of carbonyl (C=O) groups excluding carboxylic acids is 2. The average Bonchev–Trinajstić information content (AvgIpc) is 3.43. The number of carboxylic acid groups (broad SMARTS) is 1. The number of carboxylic acids is 1. The van der Waals surface area contributed by atoms with Gasteiger partial charge in [0.2, 0.25) is 5.91 Å². The molecular formula is C19H19NO5. The second-order valence-corrected chi connectivity index (χ2v) is 7.05. The molecule has 0 radical (unpaired) electrons. The van der Waals surface area contributed by atoms with E-state index < -0.39 is 23.8 Å². The van der Waals surface area contributed by atoms with Crippen molar-refractivity contribution < 1.29 is 24.2 Å². The number of rotatable bonds is 4. The minimum absolute atomic E-state index is 0.00504. The summed E-state index contributed by atoms with van der Waals surface area (Å²) in [5.41, 5.74) is 0.934. The van der Waals surface area contributed by atoms with Gasteiger partial charge in [0, 0.05) is 5.69 Å². The molecule has 4 aliphatic carbocycles. The summed E-state index contributed by atoms with van der Waals surface area (Å²) in [7, 11) is 1.31. The van der Waals surface area contributed by atoms with Gasteiger partial charge in [0.1, 0.15) is 0 Å². The van der Waals surface area contributed by atoms with E-state index in [9.17, 15) is 19.5 Å². The number of esters is 1. The third-order valence-corrected chi connectivity index (χ3v) is 5.81. The first kappa shape index (κ1) is 15.9. The van der Waals surface area contributed by atoms with E-state index in [-0.39, 0.29) is 17.7 Å². The van der Waals surface area contributed by atoms with Crippen LogP contribution in [-0.2, 0) is 14.3 Å². The number of ether oxygens (including phenoxy) is 1. The first-order valence-corrected chi connectivity index (χ1v) is 8.41. The van der Waals surface area contributed by atoms with Gasteiger partial charge in [-0.25, -0.2) is 4.79 Å². The maximum absolute atomic E-state index is 12.8. The minimum Gasteiger partial charge on any atom is -0.481 e. The summed E-state index contributed by atoms with van der Waals surface area (Å²) in [6, 6.07) is 6.38. The third-order valence-electron chi connectivity index (χ3n) is 5.81. The number of methoxy groups -OCH3 is 1. The number of anilines is 1. The monoisotopic (exact) mass is 341 g/mol. The molecule has 130 valence electrons. The van der Waals surface area contributed by atoms with E-state index in [1.807, 2.05) is 12.2 Å². The minimum atomic E-state index is -0.897. The van der Waals surface area contributed by atoms with E-state index in [0.717, 1.165) is 6.42 Å². The van der Waals surface area contributed by atoms with Crippen LogP contribution in [0.4, 0.5) is 5.69 Å². The molecule has 0 heterocycles. The van der Waals surface area contributed by atoms with Gasteiger partial charge in [-0.05, 0) is 54.4 Å². The van der Waals surface area contributed by atoms with Crippen LogP contribution in [-0.4, -0.2) is 30.1 Å². The van der Waals surface area contributed by atoms with Crippen LogP contribution in [0.15, 0.2) is 36.4 Å². The Morgan fingerprint density at radius 1 is 1.04 bits per heavy atom. The van der Waals surface area contributed by atoms with E-state index in [1.165, 1.54) is 7.11 Å². The fraction of sp³-hybridized carbons (Fsp3) is 0.421. The number of carbonyl (C=O) groups is 3. The predicted molar refractivity (Wildman–Crippen MR) is 88.7 cm³/mol. The van der Waals surface area contributed by atoms with Crippen molar-refractivity contribution in [2.45, 2.75) is 6.42 Å². The zero-order chi connectivity index (χ0) is 17.7. The van der Waals surface area contributed by atoms with E-state index in [1.54, 1.807) is 24.3 Å². The molecule has 0 saturated heterocycles. The summed E-state index contributed by atoms with van der Waals surface area (Å²) >= 11 is 0. The molecule has 0 unspecified atom stereocenters. The number of hydrogen-bond acceptors (Lipinski definition) is 4. The average molecular weight is 341 g/mol. The number of nitrogens with one attached hydrogen (secondary N) is 1. The van der Waals surface area contributed by atoms with Gasteiger partial charge in [-0.1, -0.05) is 12.2 Å². The van der Waals surface area contributed by atoms with Gasteiger partial charge < -0.3 is 15.2 Å². The highest BCUT2D eigenvalue weighted by Gasteiger charge is 2.62. The van der Waals surface area contributed by atoms with Gasteiger partial charge in [-0.3, -0.25) is 9.59 Å². The van der Waals surface area contributed by atoms with Crippen LogP contribution < -0.4 is 5.32 Å². The molecule has 6 heteroatoms.